The van der Waals surface area contributed by atoms with E-state index < -0.39 is 11.8 Å². The van der Waals surface area contributed by atoms with Crippen LogP contribution in [0.2, 0.25) is 5.02 Å². The largest absolute Gasteiger partial charge is 0.504 e. The summed E-state index contributed by atoms with van der Waals surface area (Å²) in [6.45, 7) is 0. The predicted octanol–water partition coefficient (Wildman–Crippen LogP) is 0.764. The van der Waals surface area contributed by atoms with Crippen LogP contribution in [0.3, 0.4) is 0 Å². The molecule has 17 heavy (non-hydrogen) atoms. The number of amides is 1. The first-order chi connectivity index (χ1) is 8.02. The first-order valence-electron chi connectivity index (χ1n) is 4.60. The minimum atomic E-state index is -0.650. The van der Waals surface area contributed by atoms with Crippen molar-refractivity contribution in [3.63, 3.8) is 0 Å². The summed E-state index contributed by atoms with van der Waals surface area (Å²) in [7, 11) is 1.12. The van der Waals surface area contributed by atoms with Crippen LogP contribution >= 0.6 is 22.5 Å². The molecule has 5 nitrogen and oxygen atoms in total. The molecule has 0 aromatic heterocycles. The maximum Gasteiger partial charge on any atom is 0.247 e. The standard InChI is InChI=1S/C10H9ClN2O3S/c1-17-10-12-7(9(16)13-10)4-2-5(11)8(15)6(14)3-4/h2-3,7,12,14-15H,1H2,(H,13,16). The van der Waals surface area contributed by atoms with Crippen molar-refractivity contribution in [3.8, 4) is 11.5 Å². The summed E-state index contributed by atoms with van der Waals surface area (Å²) < 4.78 is 0. The van der Waals surface area contributed by atoms with E-state index in [1.54, 1.807) is 0 Å². The third-order valence-corrected chi connectivity index (χ3v) is 3.11. The highest BCUT2D eigenvalue weighted by Gasteiger charge is 2.29. The molecular weight excluding hydrogens is 264 g/mol. The number of phenols is 2. The number of benzene rings is 1. The van der Waals surface area contributed by atoms with Gasteiger partial charge < -0.3 is 15.5 Å². The third kappa shape index (κ3) is 2.14. The molecule has 7 heteroatoms. The van der Waals surface area contributed by atoms with Gasteiger partial charge in [0.15, 0.2) is 11.5 Å². The number of hydrogen-bond donors (Lipinski definition) is 4. The smallest absolute Gasteiger partial charge is 0.247 e. The lowest BCUT2D eigenvalue weighted by Crippen LogP contribution is -2.22. The average molecular weight is 273 g/mol. The second-order valence-corrected chi connectivity index (χ2v) is 4.51. The van der Waals surface area contributed by atoms with Gasteiger partial charge in [0.1, 0.15) is 11.2 Å². The fourth-order valence-electron chi connectivity index (χ4n) is 1.50. The summed E-state index contributed by atoms with van der Waals surface area (Å²) in [6, 6.07) is 2.06. The maximum absolute atomic E-state index is 11.6. The fourth-order valence-corrected chi connectivity index (χ4v) is 2.10. The Labute approximate surface area is 106 Å². The highest BCUT2D eigenvalue weighted by atomic mass is 35.5. The Balaban J connectivity index is 2.42. The van der Waals surface area contributed by atoms with E-state index in [1.165, 1.54) is 12.1 Å². The molecule has 1 aliphatic heterocycles. The van der Waals surface area contributed by atoms with Crippen molar-refractivity contribution in [1.82, 2.24) is 10.6 Å². The highest BCUT2D eigenvalue weighted by molar-refractivity contribution is 7.96. The van der Waals surface area contributed by atoms with Gasteiger partial charge in [-0.25, -0.2) is 5.32 Å². The molecule has 4 N–H and O–H groups in total. The van der Waals surface area contributed by atoms with Crippen molar-refractivity contribution in [2.45, 2.75) is 6.04 Å². The Bertz CT molecular complexity index is 531. The van der Waals surface area contributed by atoms with Gasteiger partial charge in [0.2, 0.25) is 5.91 Å². The van der Waals surface area contributed by atoms with Crippen LogP contribution in [0, 0.1) is 0 Å². The van der Waals surface area contributed by atoms with Gasteiger partial charge in [0, 0.05) is 0 Å². The molecule has 90 valence electrons. The van der Waals surface area contributed by atoms with Crippen LogP contribution in [0.5, 0.6) is 11.5 Å². The van der Waals surface area contributed by atoms with E-state index >= 15 is 0 Å². The van der Waals surface area contributed by atoms with E-state index in [0.717, 1.165) is 10.9 Å². The summed E-state index contributed by atoms with van der Waals surface area (Å²) in [5.41, 5.74) is 0.465. The van der Waals surface area contributed by atoms with Crippen molar-refractivity contribution < 1.29 is 15.0 Å². The third-order valence-electron chi connectivity index (χ3n) is 2.32. The normalized spacial score (nSPS) is 19.2. The van der Waals surface area contributed by atoms with E-state index in [9.17, 15) is 15.0 Å². The molecule has 1 saturated heterocycles. The van der Waals surface area contributed by atoms with Crippen molar-refractivity contribution in [2.24, 2.45) is 0 Å². The summed E-state index contributed by atoms with van der Waals surface area (Å²) in [6.07, 6.45) is 0. The zero-order valence-corrected chi connectivity index (χ0v) is 10.1. The number of halogens is 1. The van der Waals surface area contributed by atoms with Crippen LogP contribution in [-0.4, -0.2) is 27.1 Å². The maximum atomic E-state index is 11.6. The number of rotatable bonds is 1. The molecule has 1 aromatic rings. The molecule has 1 aromatic carbocycles. The molecule has 0 radical (unpaired) electrons. The first-order valence-corrected chi connectivity index (χ1v) is 5.97. The van der Waals surface area contributed by atoms with Gasteiger partial charge in [0.05, 0.1) is 5.02 Å². The van der Waals surface area contributed by atoms with Crippen LogP contribution in [0.25, 0.3) is 0 Å². The molecule has 0 saturated carbocycles. The Morgan fingerprint density at radius 1 is 1.41 bits per heavy atom. The molecular formula is C10H9ClN2O3S. The Morgan fingerprint density at radius 2 is 2.12 bits per heavy atom. The van der Waals surface area contributed by atoms with Crippen molar-refractivity contribution >= 4 is 39.4 Å². The number of nitrogens with one attached hydrogen (secondary N) is 2. The van der Waals surface area contributed by atoms with Gasteiger partial charge in [-0.15, -0.1) is 10.9 Å². The van der Waals surface area contributed by atoms with Crippen LogP contribution in [0.4, 0.5) is 0 Å². The molecule has 1 unspecified atom stereocenters. The van der Waals surface area contributed by atoms with Crippen molar-refractivity contribution in [1.29, 1.82) is 0 Å². The minimum Gasteiger partial charge on any atom is -0.504 e. The van der Waals surface area contributed by atoms with Gasteiger partial charge in [-0.2, -0.15) is 0 Å². The fraction of sp³-hybridized carbons (Fsp3) is 0.100. The van der Waals surface area contributed by atoms with Crippen LogP contribution < -0.4 is 10.6 Å². The zero-order valence-electron chi connectivity index (χ0n) is 8.53. The van der Waals surface area contributed by atoms with Crippen LogP contribution in [0.15, 0.2) is 12.1 Å². The lowest BCUT2D eigenvalue weighted by atomic mass is 10.1. The van der Waals surface area contributed by atoms with E-state index in [0.29, 0.717) is 10.7 Å². The van der Waals surface area contributed by atoms with Gasteiger partial charge in [-0.3, -0.25) is 4.79 Å². The van der Waals surface area contributed by atoms with Gasteiger partial charge in [-0.05, 0) is 23.6 Å². The quantitative estimate of drug-likeness (QED) is 0.450. The number of aromatic hydroxyl groups is 2. The molecule has 2 rings (SSSR count). The van der Waals surface area contributed by atoms with Crippen LogP contribution in [0.1, 0.15) is 11.6 Å². The lowest BCUT2D eigenvalue weighted by molar-refractivity contribution is -0.120. The van der Waals surface area contributed by atoms with Gasteiger partial charge in [0.25, 0.3) is 0 Å². The molecule has 0 bridgehead atoms. The number of phenolic OH excluding ortho intramolecular Hbond substituents is 2. The summed E-state index contributed by atoms with van der Waals surface area (Å²) in [4.78, 5) is 11.6. The highest BCUT2D eigenvalue weighted by Crippen LogP contribution is 2.36. The Hall–Kier alpha value is -1.50. The Morgan fingerprint density at radius 3 is 2.65 bits per heavy atom. The van der Waals surface area contributed by atoms with E-state index in [4.69, 9.17) is 11.6 Å². The van der Waals surface area contributed by atoms with Crippen LogP contribution in [-0.2, 0) is 4.79 Å². The zero-order chi connectivity index (χ0) is 12.6. The molecule has 1 fully saturated rings. The molecule has 1 aliphatic rings. The predicted molar refractivity (Wildman–Crippen MR) is 68.5 cm³/mol. The molecule has 1 amide bonds. The van der Waals surface area contributed by atoms with Crippen molar-refractivity contribution in [3.05, 3.63) is 22.7 Å². The van der Waals surface area contributed by atoms with E-state index in [-0.39, 0.29) is 16.7 Å². The molecule has 0 spiro atoms. The Kier molecular flexibility index (Phi) is 3.10. The average Bonchev–Trinajstić information content (AvgIpc) is 2.67. The summed E-state index contributed by atoms with van der Waals surface area (Å²) >= 11 is 5.72. The number of carbonyl (C=O) groups excluding carboxylic acids is 1. The second kappa shape index (κ2) is 4.40. The summed E-state index contributed by atoms with van der Waals surface area (Å²) in [5, 5.41) is 24.7. The number of hydrogen-bond acceptors (Lipinski definition) is 3. The second-order valence-electron chi connectivity index (χ2n) is 3.41. The first kappa shape index (κ1) is 12.0. The SMILES string of the molecule is C=S=C1NC(=O)C(c2cc(O)c(O)c(Cl)c2)N1. The van der Waals surface area contributed by atoms with Gasteiger partial charge >= 0.3 is 0 Å². The summed E-state index contributed by atoms with van der Waals surface area (Å²) in [5.74, 6) is 2.54. The minimum absolute atomic E-state index is 0.00896. The van der Waals surface area contributed by atoms with E-state index in [2.05, 4.69) is 16.5 Å². The van der Waals surface area contributed by atoms with E-state index in [1.807, 2.05) is 0 Å². The molecule has 1 heterocycles. The molecule has 0 aliphatic carbocycles. The lowest BCUT2D eigenvalue weighted by Gasteiger charge is -2.09. The monoisotopic (exact) mass is 272 g/mol. The van der Waals surface area contributed by atoms with Crippen molar-refractivity contribution in [2.75, 3.05) is 0 Å². The molecule has 1 atom stereocenters. The number of carbonyl (C=O) groups is 1. The topological polar surface area (TPSA) is 81.6 Å². The van der Waals surface area contributed by atoms with Gasteiger partial charge in [-0.1, -0.05) is 11.6 Å².